The molecule has 3 aromatic carbocycles. The summed E-state index contributed by atoms with van der Waals surface area (Å²) in [5, 5.41) is 2.72. The van der Waals surface area contributed by atoms with Crippen LogP contribution < -0.4 is 5.32 Å². The number of carbonyl (C=O) groups is 2. The van der Waals surface area contributed by atoms with Crippen LogP contribution in [0, 0.1) is 0 Å². The number of fused-ring (bicyclic) bond motifs is 1. The van der Waals surface area contributed by atoms with Crippen molar-refractivity contribution >= 4 is 28.4 Å². The van der Waals surface area contributed by atoms with Crippen molar-refractivity contribution in [1.29, 1.82) is 0 Å². The summed E-state index contributed by atoms with van der Waals surface area (Å²) in [6.07, 6.45) is 2.76. The Kier molecular flexibility index (Phi) is 4.61. The molecule has 0 aliphatic rings. The fourth-order valence-corrected chi connectivity index (χ4v) is 3.27. The third kappa shape index (κ3) is 3.72. The van der Waals surface area contributed by atoms with Crippen LogP contribution in [0.5, 0.6) is 0 Å². The number of nitrogens with one attached hydrogen (secondary N) is 2. The fourth-order valence-electron chi connectivity index (χ4n) is 3.27. The number of amides is 1. The van der Waals surface area contributed by atoms with Gasteiger partial charge in [-0.05, 0) is 42.5 Å². The first-order valence-corrected chi connectivity index (χ1v) is 9.58. The van der Waals surface area contributed by atoms with Gasteiger partial charge in [0.2, 0.25) is 0 Å². The second-order valence-corrected chi connectivity index (χ2v) is 6.88. The standard InChI is InChI=1S/C24H16N4O3/c29-21(15-4-2-1-3-5-15)17-8-11-19-20(14-17)28-22(27-19)16-6-9-18(10-7-16)26-23(30)24-25-12-13-31-24/h1-14H,(H,26,30)(H,27,28). The Balaban J connectivity index is 1.38. The van der Waals surface area contributed by atoms with Crippen molar-refractivity contribution in [3.05, 3.63) is 102 Å². The van der Waals surface area contributed by atoms with Gasteiger partial charge in [0.15, 0.2) is 5.78 Å². The second kappa shape index (κ2) is 7.72. The Morgan fingerprint density at radius 2 is 1.71 bits per heavy atom. The largest absolute Gasteiger partial charge is 0.441 e. The van der Waals surface area contributed by atoms with E-state index in [4.69, 9.17) is 4.42 Å². The molecule has 2 heterocycles. The number of carbonyl (C=O) groups excluding carboxylic acids is 2. The van der Waals surface area contributed by atoms with Crippen LogP contribution in [0.25, 0.3) is 22.4 Å². The Morgan fingerprint density at radius 3 is 2.45 bits per heavy atom. The first-order valence-electron chi connectivity index (χ1n) is 9.58. The van der Waals surface area contributed by atoms with Crippen LogP contribution in [0.15, 0.2) is 89.7 Å². The molecule has 0 spiro atoms. The summed E-state index contributed by atoms with van der Waals surface area (Å²) in [7, 11) is 0. The van der Waals surface area contributed by atoms with Crippen LogP contribution in [0.1, 0.15) is 26.6 Å². The van der Waals surface area contributed by atoms with E-state index >= 15 is 0 Å². The summed E-state index contributed by atoms with van der Waals surface area (Å²) in [6.45, 7) is 0. The Labute approximate surface area is 176 Å². The van der Waals surface area contributed by atoms with Gasteiger partial charge in [-0.15, -0.1) is 0 Å². The molecule has 0 radical (unpaired) electrons. The molecule has 150 valence electrons. The lowest BCUT2D eigenvalue weighted by molar-refractivity contribution is 0.0989. The molecular formula is C24H16N4O3. The van der Waals surface area contributed by atoms with E-state index in [0.29, 0.717) is 28.2 Å². The van der Waals surface area contributed by atoms with E-state index in [9.17, 15) is 9.59 Å². The quantitative estimate of drug-likeness (QED) is 0.411. The zero-order chi connectivity index (χ0) is 21.2. The van der Waals surface area contributed by atoms with Gasteiger partial charge in [-0.1, -0.05) is 30.3 Å². The lowest BCUT2D eigenvalue weighted by Crippen LogP contribution is -2.11. The molecule has 5 aromatic rings. The van der Waals surface area contributed by atoms with E-state index in [1.54, 1.807) is 36.4 Å². The van der Waals surface area contributed by atoms with Crippen LogP contribution in [-0.4, -0.2) is 26.6 Å². The number of oxazole rings is 1. The number of anilines is 1. The predicted molar refractivity (Wildman–Crippen MR) is 116 cm³/mol. The number of benzene rings is 3. The van der Waals surface area contributed by atoms with E-state index in [-0.39, 0.29) is 11.7 Å². The van der Waals surface area contributed by atoms with Gasteiger partial charge in [-0.25, -0.2) is 9.97 Å². The number of rotatable bonds is 5. The molecule has 0 bridgehead atoms. The first-order chi connectivity index (χ1) is 15.2. The zero-order valence-corrected chi connectivity index (χ0v) is 16.2. The second-order valence-electron chi connectivity index (χ2n) is 6.88. The summed E-state index contributed by atoms with van der Waals surface area (Å²) < 4.78 is 4.99. The van der Waals surface area contributed by atoms with Crippen molar-refractivity contribution in [2.75, 3.05) is 5.32 Å². The molecular weight excluding hydrogens is 392 g/mol. The fraction of sp³-hybridized carbons (Fsp3) is 0. The highest BCUT2D eigenvalue weighted by molar-refractivity contribution is 6.10. The Bertz CT molecular complexity index is 1370. The average molecular weight is 408 g/mol. The maximum Gasteiger partial charge on any atom is 0.311 e. The highest BCUT2D eigenvalue weighted by Gasteiger charge is 2.13. The highest BCUT2D eigenvalue weighted by atomic mass is 16.3. The van der Waals surface area contributed by atoms with E-state index < -0.39 is 5.91 Å². The topological polar surface area (TPSA) is 101 Å². The molecule has 7 nitrogen and oxygen atoms in total. The van der Waals surface area contributed by atoms with Gasteiger partial charge < -0.3 is 14.7 Å². The molecule has 1 amide bonds. The zero-order valence-electron chi connectivity index (χ0n) is 16.2. The van der Waals surface area contributed by atoms with Crippen LogP contribution in [0.3, 0.4) is 0 Å². The number of H-pyrrole nitrogens is 1. The SMILES string of the molecule is O=C(c1ccccc1)c1ccc2[nH]c(-c3ccc(NC(=O)c4ncco4)cc3)nc2c1. The van der Waals surface area contributed by atoms with Crippen LogP contribution >= 0.6 is 0 Å². The summed E-state index contributed by atoms with van der Waals surface area (Å²) in [4.78, 5) is 36.4. The maximum atomic E-state index is 12.7. The monoisotopic (exact) mass is 408 g/mol. The molecule has 2 aromatic heterocycles. The highest BCUT2D eigenvalue weighted by Crippen LogP contribution is 2.24. The van der Waals surface area contributed by atoms with Gasteiger partial charge in [0.05, 0.1) is 17.2 Å². The first kappa shape index (κ1) is 18.5. The number of aromatic amines is 1. The van der Waals surface area contributed by atoms with Crippen molar-refractivity contribution in [3.8, 4) is 11.4 Å². The molecule has 2 N–H and O–H groups in total. The smallest absolute Gasteiger partial charge is 0.311 e. The van der Waals surface area contributed by atoms with Crippen molar-refractivity contribution < 1.29 is 14.0 Å². The number of hydrogen-bond acceptors (Lipinski definition) is 5. The summed E-state index contributed by atoms with van der Waals surface area (Å²) >= 11 is 0. The maximum absolute atomic E-state index is 12.7. The summed E-state index contributed by atoms with van der Waals surface area (Å²) in [6, 6.07) is 21.8. The van der Waals surface area contributed by atoms with E-state index in [2.05, 4.69) is 20.3 Å². The van der Waals surface area contributed by atoms with Crippen LogP contribution in [-0.2, 0) is 0 Å². The molecule has 0 saturated carbocycles. The molecule has 31 heavy (non-hydrogen) atoms. The Hall–Kier alpha value is -4.52. The third-order valence-electron chi connectivity index (χ3n) is 4.82. The number of hydrogen-bond donors (Lipinski definition) is 2. The number of aromatic nitrogens is 3. The third-order valence-corrected chi connectivity index (χ3v) is 4.82. The molecule has 0 unspecified atom stereocenters. The van der Waals surface area contributed by atoms with Crippen molar-refractivity contribution in [2.45, 2.75) is 0 Å². The molecule has 0 aliphatic heterocycles. The Morgan fingerprint density at radius 1 is 0.903 bits per heavy atom. The minimum atomic E-state index is -0.419. The van der Waals surface area contributed by atoms with Gasteiger partial charge in [-0.2, -0.15) is 0 Å². The van der Waals surface area contributed by atoms with E-state index in [1.165, 1.54) is 12.5 Å². The van der Waals surface area contributed by atoms with Crippen molar-refractivity contribution in [2.24, 2.45) is 0 Å². The lowest BCUT2D eigenvalue weighted by atomic mass is 10.0. The molecule has 0 saturated heterocycles. The van der Waals surface area contributed by atoms with Gasteiger partial charge >= 0.3 is 5.91 Å². The summed E-state index contributed by atoms with van der Waals surface area (Å²) in [5.74, 6) is 0.211. The van der Waals surface area contributed by atoms with Crippen molar-refractivity contribution in [1.82, 2.24) is 15.0 Å². The van der Waals surface area contributed by atoms with E-state index in [1.807, 2.05) is 36.4 Å². The van der Waals surface area contributed by atoms with Crippen LogP contribution in [0.2, 0.25) is 0 Å². The summed E-state index contributed by atoms with van der Waals surface area (Å²) in [5.41, 5.74) is 4.22. The van der Waals surface area contributed by atoms with Gasteiger partial charge in [0, 0.05) is 22.4 Å². The van der Waals surface area contributed by atoms with Crippen LogP contribution in [0.4, 0.5) is 5.69 Å². The van der Waals surface area contributed by atoms with Gasteiger partial charge in [-0.3, -0.25) is 9.59 Å². The average Bonchev–Trinajstić information content (AvgIpc) is 3.49. The normalized spacial score (nSPS) is 10.8. The predicted octanol–water partition coefficient (Wildman–Crippen LogP) is 4.70. The molecule has 7 heteroatoms. The number of nitrogens with zero attached hydrogens (tertiary/aromatic N) is 2. The minimum absolute atomic E-state index is 0.00205. The molecule has 5 rings (SSSR count). The van der Waals surface area contributed by atoms with Gasteiger partial charge in [0.25, 0.3) is 5.89 Å². The number of imidazole rings is 1. The molecule has 0 aliphatic carbocycles. The minimum Gasteiger partial charge on any atom is -0.441 e. The number of ketones is 1. The van der Waals surface area contributed by atoms with E-state index in [0.717, 1.165) is 11.1 Å². The van der Waals surface area contributed by atoms with Gasteiger partial charge in [0.1, 0.15) is 12.1 Å². The molecule has 0 fully saturated rings. The van der Waals surface area contributed by atoms with Crippen molar-refractivity contribution in [3.63, 3.8) is 0 Å². The molecule has 0 atom stereocenters. The lowest BCUT2D eigenvalue weighted by Gasteiger charge is -2.03.